The van der Waals surface area contributed by atoms with E-state index in [1.165, 1.54) is 11.3 Å². The van der Waals surface area contributed by atoms with E-state index in [0.29, 0.717) is 11.8 Å². The number of piperidine rings is 1. The second kappa shape index (κ2) is 10.3. The first kappa shape index (κ1) is 19.6. The Morgan fingerprint density at radius 1 is 1.07 bits per heavy atom. The molecular formula is C22H27NO3S. The van der Waals surface area contributed by atoms with E-state index in [1.807, 2.05) is 47.0 Å². The van der Waals surface area contributed by atoms with Crippen LogP contribution in [0.3, 0.4) is 0 Å². The van der Waals surface area contributed by atoms with E-state index in [4.69, 9.17) is 9.47 Å². The van der Waals surface area contributed by atoms with Crippen LogP contribution in [-0.4, -0.2) is 42.9 Å². The Balaban J connectivity index is 1.48. The molecule has 3 rings (SSSR count). The molecule has 1 atom stereocenters. The van der Waals surface area contributed by atoms with Gasteiger partial charge in [0, 0.05) is 17.5 Å². The van der Waals surface area contributed by atoms with E-state index >= 15 is 0 Å². The molecule has 1 aliphatic rings. The van der Waals surface area contributed by atoms with Crippen molar-refractivity contribution < 1.29 is 14.3 Å². The number of methoxy groups -OCH3 is 1. The van der Waals surface area contributed by atoms with Gasteiger partial charge in [-0.3, -0.25) is 4.79 Å². The third-order valence-electron chi connectivity index (χ3n) is 4.83. The average Bonchev–Trinajstić information content (AvgIpc) is 2.73. The summed E-state index contributed by atoms with van der Waals surface area (Å²) in [6.07, 6.45) is 4.39. The predicted molar refractivity (Wildman–Crippen MR) is 110 cm³/mol. The monoisotopic (exact) mass is 385 g/mol. The maximum absolute atomic E-state index is 12.7. The number of hydrogen-bond acceptors (Lipinski definition) is 4. The lowest BCUT2D eigenvalue weighted by atomic mass is 10.00. The standard InChI is InChI=1S/C22H27NO3S/c1-25-19-10-12-20(13-11-19)26-17-22(24)23-15-6-5-7-18(23)14-16-27-21-8-3-2-4-9-21/h2-4,8-13,18H,5-7,14-17H2,1H3. The molecule has 0 bridgehead atoms. The van der Waals surface area contributed by atoms with Gasteiger partial charge >= 0.3 is 0 Å². The summed E-state index contributed by atoms with van der Waals surface area (Å²) < 4.78 is 10.8. The molecule has 2 aromatic carbocycles. The van der Waals surface area contributed by atoms with Crippen molar-refractivity contribution in [1.29, 1.82) is 0 Å². The molecule has 0 aliphatic carbocycles. The van der Waals surface area contributed by atoms with Gasteiger partial charge in [-0.05, 0) is 67.8 Å². The molecule has 1 aliphatic heterocycles. The maximum Gasteiger partial charge on any atom is 0.260 e. The summed E-state index contributed by atoms with van der Waals surface area (Å²) >= 11 is 1.86. The van der Waals surface area contributed by atoms with Gasteiger partial charge < -0.3 is 14.4 Å². The molecule has 27 heavy (non-hydrogen) atoms. The van der Waals surface area contributed by atoms with Crippen molar-refractivity contribution in [2.24, 2.45) is 0 Å². The van der Waals surface area contributed by atoms with Gasteiger partial charge in [-0.15, -0.1) is 11.8 Å². The van der Waals surface area contributed by atoms with Crippen LogP contribution in [0.1, 0.15) is 25.7 Å². The molecule has 4 nitrogen and oxygen atoms in total. The normalized spacial score (nSPS) is 16.8. The van der Waals surface area contributed by atoms with E-state index in [1.54, 1.807) is 7.11 Å². The summed E-state index contributed by atoms with van der Waals surface area (Å²) in [5, 5.41) is 0. The van der Waals surface area contributed by atoms with Crippen LogP contribution in [0.5, 0.6) is 11.5 Å². The number of thioether (sulfide) groups is 1. The zero-order valence-corrected chi connectivity index (χ0v) is 16.6. The Morgan fingerprint density at radius 2 is 1.81 bits per heavy atom. The number of ether oxygens (including phenoxy) is 2. The van der Waals surface area contributed by atoms with Crippen LogP contribution in [0.4, 0.5) is 0 Å². The highest BCUT2D eigenvalue weighted by Gasteiger charge is 2.26. The van der Waals surface area contributed by atoms with Gasteiger partial charge in [-0.25, -0.2) is 0 Å². The molecule has 1 amide bonds. The van der Waals surface area contributed by atoms with Crippen LogP contribution in [-0.2, 0) is 4.79 Å². The largest absolute Gasteiger partial charge is 0.497 e. The first-order valence-corrected chi connectivity index (χ1v) is 10.5. The van der Waals surface area contributed by atoms with Crippen LogP contribution in [0.25, 0.3) is 0 Å². The highest BCUT2D eigenvalue weighted by molar-refractivity contribution is 7.99. The smallest absolute Gasteiger partial charge is 0.260 e. The van der Waals surface area contributed by atoms with E-state index in [2.05, 4.69) is 24.3 Å². The molecule has 5 heteroatoms. The van der Waals surface area contributed by atoms with Crippen LogP contribution in [0, 0.1) is 0 Å². The number of likely N-dealkylation sites (tertiary alicyclic amines) is 1. The van der Waals surface area contributed by atoms with E-state index in [9.17, 15) is 4.79 Å². The van der Waals surface area contributed by atoms with Gasteiger partial charge in [0.15, 0.2) is 6.61 Å². The highest BCUT2D eigenvalue weighted by Crippen LogP contribution is 2.25. The number of carbonyl (C=O) groups excluding carboxylic acids is 1. The van der Waals surface area contributed by atoms with E-state index < -0.39 is 0 Å². The Labute approximate surface area is 165 Å². The number of benzene rings is 2. The summed E-state index contributed by atoms with van der Waals surface area (Å²) in [5.74, 6) is 2.58. The summed E-state index contributed by atoms with van der Waals surface area (Å²) in [7, 11) is 1.63. The quantitative estimate of drug-likeness (QED) is 0.621. The average molecular weight is 386 g/mol. The maximum atomic E-state index is 12.7. The molecule has 0 radical (unpaired) electrons. The van der Waals surface area contributed by atoms with Crippen LogP contribution < -0.4 is 9.47 Å². The van der Waals surface area contributed by atoms with Gasteiger partial charge in [0.1, 0.15) is 11.5 Å². The molecule has 1 saturated heterocycles. The van der Waals surface area contributed by atoms with Crippen LogP contribution in [0.2, 0.25) is 0 Å². The number of amides is 1. The second-order valence-electron chi connectivity index (χ2n) is 6.65. The van der Waals surface area contributed by atoms with Gasteiger partial charge in [0.25, 0.3) is 5.91 Å². The Hall–Kier alpha value is -2.14. The molecule has 0 aromatic heterocycles. The zero-order valence-electron chi connectivity index (χ0n) is 15.8. The van der Waals surface area contributed by atoms with Crippen molar-refractivity contribution in [1.82, 2.24) is 4.90 Å². The molecule has 1 fully saturated rings. The van der Waals surface area contributed by atoms with Gasteiger partial charge in [-0.2, -0.15) is 0 Å². The SMILES string of the molecule is COc1ccc(OCC(=O)N2CCCCC2CCSc2ccccc2)cc1. The molecule has 0 spiro atoms. The lowest BCUT2D eigenvalue weighted by molar-refractivity contribution is -0.137. The number of rotatable bonds is 8. The molecule has 1 unspecified atom stereocenters. The zero-order chi connectivity index (χ0) is 18.9. The molecular weight excluding hydrogens is 358 g/mol. The summed E-state index contributed by atoms with van der Waals surface area (Å²) in [5.41, 5.74) is 0. The fraction of sp³-hybridized carbons (Fsp3) is 0.409. The summed E-state index contributed by atoms with van der Waals surface area (Å²) in [6, 6.07) is 18.1. The van der Waals surface area contributed by atoms with Crippen LogP contribution >= 0.6 is 11.8 Å². The first-order valence-electron chi connectivity index (χ1n) is 9.50. The van der Waals surface area contributed by atoms with Gasteiger partial charge in [0.2, 0.25) is 0 Å². The Kier molecular flexibility index (Phi) is 7.45. The van der Waals surface area contributed by atoms with Crippen molar-refractivity contribution >= 4 is 17.7 Å². The number of carbonyl (C=O) groups is 1. The molecule has 2 aromatic rings. The lowest BCUT2D eigenvalue weighted by Gasteiger charge is -2.35. The fourth-order valence-corrected chi connectivity index (χ4v) is 4.33. The number of nitrogens with zero attached hydrogens (tertiary/aromatic N) is 1. The van der Waals surface area contributed by atoms with E-state index in [0.717, 1.165) is 37.3 Å². The van der Waals surface area contributed by atoms with Gasteiger partial charge in [-0.1, -0.05) is 18.2 Å². The Bertz CT molecular complexity index is 705. The van der Waals surface area contributed by atoms with E-state index in [-0.39, 0.29) is 12.5 Å². The number of hydrogen-bond donors (Lipinski definition) is 0. The first-order chi connectivity index (χ1) is 13.3. The third kappa shape index (κ3) is 5.93. The Morgan fingerprint density at radius 3 is 2.56 bits per heavy atom. The molecule has 1 heterocycles. The minimum Gasteiger partial charge on any atom is -0.497 e. The fourth-order valence-electron chi connectivity index (χ4n) is 3.36. The minimum absolute atomic E-state index is 0.0835. The van der Waals surface area contributed by atoms with Crippen molar-refractivity contribution in [3.63, 3.8) is 0 Å². The second-order valence-corrected chi connectivity index (χ2v) is 7.82. The topological polar surface area (TPSA) is 38.8 Å². The van der Waals surface area contributed by atoms with Gasteiger partial charge in [0.05, 0.1) is 7.11 Å². The highest BCUT2D eigenvalue weighted by atomic mass is 32.2. The third-order valence-corrected chi connectivity index (χ3v) is 5.88. The van der Waals surface area contributed by atoms with Crippen molar-refractivity contribution in [3.05, 3.63) is 54.6 Å². The lowest BCUT2D eigenvalue weighted by Crippen LogP contribution is -2.46. The van der Waals surface area contributed by atoms with Crippen molar-refractivity contribution in [2.75, 3.05) is 26.0 Å². The van der Waals surface area contributed by atoms with Crippen molar-refractivity contribution in [3.8, 4) is 11.5 Å². The van der Waals surface area contributed by atoms with Crippen LogP contribution in [0.15, 0.2) is 59.5 Å². The minimum atomic E-state index is 0.0835. The molecule has 0 saturated carbocycles. The summed E-state index contributed by atoms with van der Waals surface area (Å²) in [6.45, 7) is 0.931. The summed E-state index contributed by atoms with van der Waals surface area (Å²) in [4.78, 5) is 16.0. The molecule has 0 N–H and O–H groups in total. The predicted octanol–water partition coefficient (Wildman–Crippen LogP) is 4.64. The molecule has 144 valence electrons. The van der Waals surface area contributed by atoms with Crippen molar-refractivity contribution in [2.45, 2.75) is 36.6 Å².